The number of nitrogens with zero attached hydrogens (tertiary/aromatic N) is 1. The van der Waals surface area contributed by atoms with Crippen LogP contribution in [0.3, 0.4) is 0 Å². The zero-order valence-corrected chi connectivity index (χ0v) is 15.5. The molecule has 0 saturated heterocycles. The number of halogens is 2. The van der Waals surface area contributed by atoms with E-state index in [4.69, 9.17) is 28.5 Å². The number of rotatable bonds is 9. The standard InChI is InChI=1S/C16H16Cl2N4O5/c17-10-2-3-11(12(18)6-10)16(26)22-7-13(23)21-8-15(25)27-9-14(24)20-5-1-4-19/h2-3,6H,1,5,7-9H2,(H,20,24)(H,21,23)(H,22,26). The summed E-state index contributed by atoms with van der Waals surface area (Å²) in [6.07, 6.45) is 0.142. The molecule has 0 fully saturated rings. The summed E-state index contributed by atoms with van der Waals surface area (Å²) < 4.78 is 4.64. The minimum atomic E-state index is -0.828. The van der Waals surface area contributed by atoms with Gasteiger partial charge in [0.1, 0.15) is 6.54 Å². The predicted octanol–water partition coefficient (Wildman–Crippen LogP) is 0.412. The average molecular weight is 415 g/mol. The van der Waals surface area contributed by atoms with Crippen LogP contribution >= 0.6 is 23.2 Å². The molecule has 1 aromatic carbocycles. The second kappa shape index (κ2) is 11.7. The molecule has 3 amide bonds. The summed E-state index contributed by atoms with van der Waals surface area (Å²) in [7, 11) is 0. The highest BCUT2D eigenvalue weighted by Crippen LogP contribution is 2.20. The Hall–Kier alpha value is -2.83. The van der Waals surface area contributed by atoms with Crippen molar-refractivity contribution in [1.29, 1.82) is 5.26 Å². The van der Waals surface area contributed by atoms with Crippen molar-refractivity contribution >= 4 is 46.9 Å². The Labute approximate surface area is 164 Å². The van der Waals surface area contributed by atoms with Gasteiger partial charge in [-0.1, -0.05) is 23.2 Å². The lowest BCUT2D eigenvalue weighted by Crippen LogP contribution is -2.40. The maximum atomic E-state index is 11.9. The lowest BCUT2D eigenvalue weighted by Gasteiger charge is -2.08. The van der Waals surface area contributed by atoms with Crippen molar-refractivity contribution in [2.75, 3.05) is 26.2 Å². The third-order valence-corrected chi connectivity index (χ3v) is 3.49. The van der Waals surface area contributed by atoms with Crippen LogP contribution in [-0.4, -0.2) is 49.9 Å². The molecule has 9 nitrogen and oxygen atoms in total. The van der Waals surface area contributed by atoms with Gasteiger partial charge >= 0.3 is 5.97 Å². The molecule has 0 unspecified atom stereocenters. The molecule has 11 heteroatoms. The predicted molar refractivity (Wildman–Crippen MR) is 96.0 cm³/mol. The van der Waals surface area contributed by atoms with E-state index >= 15 is 0 Å². The Morgan fingerprint density at radius 1 is 1.04 bits per heavy atom. The summed E-state index contributed by atoms with van der Waals surface area (Å²) >= 11 is 11.6. The normalized spacial score (nSPS) is 9.67. The third kappa shape index (κ3) is 8.89. The minimum absolute atomic E-state index is 0.136. The van der Waals surface area contributed by atoms with Gasteiger partial charge in [-0.15, -0.1) is 0 Å². The number of nitriles is 1. The van der Waals surface area contributed by atoms with Crippen LogP contribution in [0.5, 0.6) is 0 Å². The van der Waals surface area contributed by atoms with Gasteiger partial charge in [-0.25, -0.2) is 0 Å². The van der Waals surface area contributed by atoms with Gasteiger partial charge in [-0.2, -0.15) is 5.26 Å². The highest BCUT2D eigenvalue weighted by atomic mass is 35.5. The van der Waals surface area contributed by atoms with Crippen molar-refractivity contribution in [2.45, 2.75) is 6.42 Å². The highest BCUT2D eigenvalue weighted by molar-refractivity contribution is 6.36. The molecule has 144 valence electrons. The smallest absolute Gasteiger partial charge is 0.325 e. The molecule has 0 radical (unpaired) electrons. The largest absolute Gasteiger partial charge is 0.454 e. The van der Waals surface area contributed by atoms with E-state index in [9.17, 15) is 19.2 Å². The Kier molecular flexibility index (Phi) is 9.64. The topological polar surface area (TPSA) is 137 Å². The lowest BCUT2D eigenvalue weighted by atomic mass is 10.2. The Bertz CT molecular complexity index is 764. The summed E-state index contributed by atoms with van der Waals surface area (Å²) in [5.74, 6) is -2.60. The average Bonchev–Trinajstić information content (AvgIpc) is 2.63. The molecule has 0 saturated carbocycles. The zero-order chi connectivity index (χ0) is 20.2. The fourth-order valence-electron chi connectivity index (χ4n) is 1.67. The third-order valence-electron chi connectivity index (χ3n) is 2.94. The van der Waals surface area contributed by atoms with Crippen molar-refractivity contribution in [2.24, 2.45) is 0 Å². The number of nitrogens with one attached hydrogen (secondary N) is 3. The molecule has 0 atom stereocenters. The summed E-state index contributed by atoms with van der Waals surface area (Å²) in [5, 5.41) is 15.8. The molecular weight excluding hydrogens is 399 g/mol. The van der Waals surface area contributed by atoms with Crippen molar-refractivity contribution in [3.8, 4) is 6.07 Å². The summed E-state index contributed by atoms with van der Waals surface area (Å²) in [4.78, 5) is 46.3. The first-order valence-corrected chi connectivity index (χ1v) is 8.38. The second-order valence-electron chi connectivity index (χ2n) is 5.00. The van der Waals surface area contributed by atoms with Crippen LogP contribution in [-0.2, 0) is 19.1 Å². The van der Waals surface area contributed by atoms with Crippen LogP contribution in [0.4, 0.5) is 0 Å². The fourth-order valence-corrected chi connectivity index (χ4v) is 2.16. The van der Waals surface area contributed by atoms with E-state index in [0.29, 0.717) is 5.02 Å². The van der Waals surface area contributed by atoms with Crippen LogP contribution in [0.1, 0.15) is 16.8 Å². The van der Waals surface area contributed by atoms with Crippen molar-refractivity contribution in [3.63, 3.8) is 0 Å². The van der Waals surface area contributed by atoms with Crippen molar-refractivity contribution < 1.29 is 23.9 Å². The molecule has 0 spiro atoms. The van der Waals surface area contributed by atoms with Crippen LogP contribution < -0.4 is 16.0 Å². The van der Waals surface area contributed by atoms with Gasteiger partial charge in [0.25, 0.3) is 11.8 Å². The second-order valence-corrected chi connectivity index (χ2v) is 5.85. The maximum absolute atomic E-state index is 11.9. The number of benzene rings is 1. The first-order valence-electron chi connectivity index (χ1n) is 7.62. The number of amides is 3. The Morgan fingerprint density at radius 3 is 2.44 bits per heavy atom. The van der Waals surface area contributed by atoms with Crippen molar-refractivity contribution in [1.82, 2.24) is 16.0 Å². The number of hydrogen-bond acceptors (Lipinski definition) is 6. The molecule has 0 aliphatic carbocycles. The lowest BCUT2D eigenvalue weighted by molar-refractivity contribution is -0.148. The number of esters is 1. The highest BCUT2D eigenvalue weighted by Gasteiger charge is 2.13. The monoisotopic (exact) mass is 414 g/mol. The molecular formula is C16H16Cl2N4O5. The minimum Gasteiger partial charge on any atom is -0.454 e. The Morgan fingerprint density at radius 2 is 1.78 bits per heavy atom. The summed E-state index contributed by atoms with van der Waals surface area (Å²) in [5.41, 5.74) is 0.149. The van der Waals surface area contributed by atoms with Gasteiger partial charge in [0.2, 0.25) is 5.91 Å². The number of carbonyl (C=O) groups excluding carboxylic acids is 4. The molecule has 0 aromatic heterocycles. The van der Waals surface area contributed by atoms with Gasteiger partial charge in [-0.3, -0.25) is 19.2 Å². The van der Waals surface area contributed by atoms with Crippen LogP contribution in [0.15, 0.2) is 18.2 Å². The van der Waals surface area contributed by atoms with Gasteiger partial charge in [0.15, 0.2) is 6.61 Å². The van der Waals surface area contributed by atoms with Crippen molar-refractivity contribution in [3.05, 3.63) is 33.8 Å². The first kappa shape index (κ1) is 22.2. The summed E-state index contributed by atoms with van der Waals surface area (Å²) in [6, 6.07) is 6.13. The van der Waals surface area contributed by atoms with E-state index in [-0.39, 0.29) is 30.1 Å². The number of ether oxygens (including phenoxy) is 1. The van der Waals surface area contributed by atoms with E-state index in [2.05, 4.69) is 20.7 Å². The quantitative estimate of drug-likeness (QED) is 0.395. The molecule has 0 aliphatic rings. The van der Waals surface area contributed by atoms with Crippen LogP contribution in [0.2, 0.25) is 10.0 Å². The zero-order valence-electron chi connectivity index (χ0n) is 14.0. The van der Waals surface area contributed by atoms with E-state index in [1.807, 2.05) is 6.07 Å². The molecule has 0 bridgehead atoms. The number of hydrogen-bond donors (Lipinski definition) is 3. The molecule has 0 aliphatic heterocycles. The van der Waals surface area contributed by atoms with Gasteiger partial charge in [0.05, 0.1) is 29.6 Å². The van der Waals surface area contributed by atoms with Crippen LogP contribution in [0.25, 0.3) is 0 Å². The van der Waals surface area contributed by atoms with E-state index in [0.717, 1.165) is 0 Å². The molecule has 3 N–H and O–H groups in total. The molecule has 1 rings (SSSR count). The van der Waals surface area contributed by atoms with Gasteiger partial charge in [0, 0.05) is 11.6 Å². The fraction of sp³-hybridized carbons (Fsp3) is 0.312. The SMILES string of the molecule is N#CCCNC(=O)COC(=O)CNC(=O)CNC(=O)c1ccc(Cl)cc1Cl. The Balaban J connectivity index is 2.26. The summed E-state index contributed by atoms with van der Waals surface area (Å²) in [6.45, 7) is -1.23. The van der Waals surface area contributed by atoms with E-state index in [1.165, 1.54) is 18.2 Å². The first-order chi connectivity index (χ1) is 12.8. The van der Waals surface area contributed by atoms with E-state index < -0.39 is 36.8 Å². The maximum Gasteiger partial charge on any atom is 0.325 e. The molecule has 0 heterocycles. The number of carbonyl (C=O) groups is 4. The van der Waals surface area contributed by atoms with E-state index in [1.54, 1.807) is 0 Å². The van der Waals surface area contributed by atoms with Crippen LogP contribution in [0, 0.1) is 11.3 Å². The van der Waals surface area contributed by atoms with Gasteiger partial charge < -0.3 is 20.7 Å². The van der Waals surface area contributed by atoms with Gasteiger partial charge in [-0.05, 0) is 18.2 Å². The molecule has 27 heavy (non-hydrogen) atoms. The molecule has 1 aromatic rings.